The Morgan fingerprint density at radius 2 is 2.10 bits per heavy atom. The smallest absolute Gasteiger partial charge is 0.251 e. The van der Waals surface area contributed by atoms with Crippen molar-refractivity contribution in [2.75, 3.05) is 0 Å². The first kappa shape index (κ1) is 14.9. The lowest BCUT2D eigenvalue weighted by Gasteiger charge is -2.28. The van der Waals surface area contributed by atoms with Crippen LogP contribution in [-0.2, 0) is 0 Å². The maximum absolute atomic E-state index is 12.2. The largest absolute Gasteiger partial charge is 0.491 e. The predicted molar refractivity (Wildman–Crippen MR) is 77.9 cm³/mol. The molecule has 4 nitrogen and oxygen atoms in total. The number of rotatable bonds is 4. The van der Waals surface area contributed by atoms with E-state index in [2.05, 4.69) is 5.32 Å². The number of hydrogen-bond donors (Lipinski definition) is 2. The standard InChI is InChI=1S/C16H23NO3/c1-11(2)20-13-7-5-6-12(10-13)16(19)17-14-8-3-4-9-15(14)18/h5-7,10-11,14-15,18H,3-4,8-9H2,1-2H3,(H,17,19)/t14-,15-/m1/s1. The van der Waals surface area contributed by atoms with E-state index in [1.165, 1.54) is 0 Å². The van der Waals surface area contributed by atoms with Crippen LogP contribution in [0.2, 0.25) is 0 Å². The van der Waals surface area contributed by atoms with E-state index in [1.54, 1.807) is 12.1 Å². The fourth-order valence-corrected chi connectivity index (χ4v) is 2.51. The third kappa shape index (κ3) is 3.97. The van der Waals surface area contributed by atoms with Gasteiger partial charge in [0.1, 0.15) is 5.75 Å². The van der Waals surface area contributed by atoms with Crippen LogP contribution in [0.15, 0.2) is 24.3 Å². The van der Waals surface area contributed by atoms with E-state index in [9.17, 15) is 9.90 Å². The molecule has 1 aliphatic rings. The summed E-state index contributed by atoms with van der Waals surface area (Å²) in [5.74, 6) is 0.544. The molecule has 1 aromatic carbocycles. The Morgan fingerprint density at radius 3 is 2.80 bits per heavy atom. The minimum atomic E-state index is -0.428. The van der Waals surface area contributed by atoms with Crippen molar-refractivity contribution in [1.82, 2.24) is 5.32 Å². The van der Waals surface area contributed by atoms with E-state index in [1.807, 2.05) is 26.0 Å². The lowest BCUT2D eigenvalue weighted by molar-refractivity contribution is 0.0717. The molecule has 0 spiro atoms. The van der Waals surface area contributed by atoms with Gasteiger partial charge in [0, 0.05) is 5.56 Å². The summed E-state index contributed by atoms with van der Waals surface area (Å²) in [5, 5.41) is 12.8. The molecule has 0 saturated heterocycles. The van der Waals surface area contributed by atoms with E-state index in [-0.39, 0.29) is 18.1 Å². The number of aliphatic hydroxyl groups excluding tert-OH is 1. The summed E-state index contributed by atoms with van der Waals surface area (Å²) in [7, 11) is 0. The van der Waals surface area contributed by atoms with Crippen LogP contribution < -0.4 is 10.1 Å². The molecule has 1 aliphatic carbocycles. The first-order valence-corrected chi connectivity index (χ1v) is 7.32. The third-order valence-corrected chi connectivity index (χ3v) is 3.51. The Bertz CT molecular complexity index is 459. The molecule has 0 aromatic heterocycles. The second kappa shape index (κ2) is 6.75. The number of benzene rings is 1. The Hall–Kier alpha value is -1.55. The molecule has 2 atom stereocenters. The number of nitrogens with one attached hydrogen (secondary N) is 1. The van der Waals surface area contributed by atoms with Crippen LogP contribution >= 0.6 is 0 Å². The van der Waals surface area contributed by atoms with Gasteiger partial charge in [-0.2, -0.15) is 0 Å². The van der Waals surface area contributed by atoms with Gasteiger partial charge in [-0.25, -0.2) is 0 Å². The van der Waals surface area contributed by atoms with Gasteiger partial charge < -0.3 is 15.2 Å². The summed E-state index contributed by atoms with van der Waals surface area (Å²) in [6, 6.07) is 7.02. The summed E-state index contributed by atoms with van der Waals surface area (Å²) in [6.07, 6.45) is 3.34. The lowest BCUT2D eigenvalue weighted by atomic mass is 9.92. The van der Waals surface area contributed by atoms with Gasteiger partial charge in [0.15, 0.2) is 0 Å². The van der Waals surface area contributed by atoms with Crippen LogP contribution in [0.1, 0.15) is 49.9 Å². The first-order chi connectivity index (χ1) is 9.56. The average molecular weight is 277 g/mol. The fourth-order valence-electron chi connectivity index (χ4n) is 2.51. The summed E-state index contributed by atoms with van der Waals surface area (Å²) in [6.45, 7) is 3.90. The zero-order valence-electron chi connectivity index (χ0n) is 12.1. The van der Waals surface area contributed by atoms with Crippen LogP contribution in [0.4, 0.5) is 0 Å². The normalized spacial score (nSPS) is 22.6. The number of hydrogen-bond acceptors (Lipinski definition) is 3. The average Bonchev–Trinajstić information content (AvgIpc) is 2.41. The lowest BCUT2D eigenvalue weighted by Crippen LogP contribution is -2.45. The van der Waals surface area contributed by atoms with E-state index in [4.69, 9.17) is 4.74 Å². The van der Waals surface area contributed by atoms with Crippen molar-refractivity contribution >= 4 is 5.91 Å². The number of carbonyl (C=O) groups is 1. The Balaban J connectivity index is 2.01. The van der Waals surface area contributed by atoms with Crippen molar-refractivity contribution in [3.63, 3.8) is 0 Å². The Kier molecular flexibility index (Phi) is 5.01. The summed E-state index contributed by atoms with van der Waals surface area (Å²) in [5.41, 5.74) is 0.570. The van der Waals surface area contributed by atoms with Gasteiger partial charge in [-0.15, -0.1) is 0 Å². The molecule has 0 radical (unpaired) electrons. The molecule has 2 N–H and O–H groups in total. The highest BCUT2D eigenvalue weighted by Crippen LogP contribution is 2.20. The molecule has 1 aromatic rings. The second-order valence-electron chi connectivity index (χ2n) is 5.63. The van der Waals surface area contributed by atoms with Crippen molar-refractivity contribution in [3.8, 4) is 5.75 Å². The molecular formula is C16H23NO3. The molecule has 20 heavy (non-hydrogen) atoms. The zero-order chi connectivity index (χ0) is 14.5. The van der Waals surface area contributed by atoms with E-state index in [0.29, 0.717) is 11.3 Å². The van der Waals surface area contributed by atoms with Crippen LogP contribution in [0, 0.1) is 0 Å². The predicted octanol–water partition coefficient (Wildman–Crippen LogP) is 2.51. The van der Waals surface area contributed by atoms with Gasteiger partial charge in [-0.1, -0.05) is 18.9 Å². The van der Waals surface area contributed by atoms with E-state index < -0.39 is 6.10 Å². The maximum atomic E-state index is 12.2. The summed E-state index contributed by atoms with van der Waals surface area (Å²) in [4.78, 5) is 12.2. The van der Waals surface area contributed by atoms with Crippen molar-refractivity contribution in [2.24, 2.45) is 0 Å². The SMILES string of the molecule is CC(C)Oc1cccc(C(=O)N[C@@H]2CCCC[C@H]2O)c1. The zero-order valence-corrected chi connectivity index (χ0v) is 12.1. The minimum Gasteiger partial charge on any atom is -0.491 e. The number of ether oxygens (including phenoxy) is 1. The number of carbonyl (C=O) groups excluding carboxylic acids is 1. The highest BCUT2D eigenvalue weighted by atomic mass is 16.5. The van der Waals surface area contributed by atoms with Gasteiger partial charge in [0.25, 0.3) is 5.91 Å². The van der Waals surface area contributed by atoms with Gasteiger partial charge in [0.2, 0.25) is 0 Å². The summed E-state index contributed by atoms with van der Waals surface area (Å²) < 4.78 is 5.59. The molecule has 1 saturated carbocycles. The highest BCUT2D eigenvalue weighted by Gasteiger charge is 2.24. The Morgan fingerprint density at radius 1 is 1.35 bits per heavy atom. The molecule has 2 rings (SSSR count). The van der Waals surface area contributed by atoms with Crippen molar-refractivity contribution in [1.29, 1.82) is 0 Å². The quantitative estimate of drug-likeness (QED) is 0.889. The van der Waals surface area contributed by atoms with Crippen molar-refractivity contribution in [2.45, 2.75) is 57.8 Å². The molecule has 4 heteroatoms. The molecule has 1 amide bonds. The first-order valence-electron chi connectivity index (χ1n) is 7.32. The van der Waals surface area contributed by atoms with Gasteiger partial charge in [-0.05, 0) is 44.9 Å². The highest BCUT2D eigenvalue weighted by molar-refractivity contribution is 5.94. The molecular weight excluding hydrogens is 254 g/mol. The van der Waals surface area contributed by atoms with E-state index in [0.717, 1.165) is 25.7 Å². The van der Waals surface area contributed by atoms with Crippen LogP contribution in [-0.4, -0.2) is 29.3 Å². The molecule has 0 aliphatic heterocycles. The monoisotopic (exact) mass is 277 g/mol. The number of aliphatic hydroxyl groups is 1. The second-order valence-corrected chi connectivity index (χ2v) is 5.63. The van der Waals surface area contributed by atoms with Crippen molar-refractivity contribution in [3.05, 3.63) is 29.8 Å². The van der Waals surface area contributed by atoms with Crippen LogP contribution in [0.5, 0.6) is 5.75 Å². The molecule has 0 heterocycles. The van der Waals surface area contributed by atoms with Gasteiger partial charge in [0.05, 0.1) is 18.2 Å². The maximum Gasteiger partial charge on any atom is 0.251 e. The third-order valence-electron chi connectivity index (χ3n) is 3.51. The molecule has 110 valence electrons. The van der Waals surface area contributed by atoms with Crippen molar-refractivity contribution < 1.29 is 14.6 Å². The molecule has 0 unspecified atom stereocenters. The molecule has 1 fully saturated rings. The summed E-state index contributed by atoms with van der Waals surface area (Å²) >= 11 is 0. The van der Waals surface area contributed by atoms with Crippen LogP contribution in [0.25, 0.3) is 0 Å². The fraction of sp³-hybridized carbons (Fsp3) is 0.562. The number of amides is 1. The Labute approximate surface area is 120 Å². The topological polar surface area (TPSA) is 58.6 Å². The minimum absolute atomic E-state index is 0.0773. The van der Waals surface area contributed by atoms with E-state index >= 15 is 0 Å². The van der Waals surface area contributed by atoms with Gasteiger partial charge >= 0.3 is 0 Å². The van der Waals surface area contributed by atoms with Crippen LogP contribution in [0.3, 0.4) is 0 Å². The molecule has 0 bridgehead atoms. The van der Waals surface area contributed by atoms with Gasteiger partial charge in [-0.3, -0.25) is 4.79 Å².